The molecule has 17 heavy (non-hydrogen) atoms. The van der Waals surface area contributed by atoms with Gasteiger partial charge in [0.15, 0.2) is 0 Å². The van der Waals surface area contributed by atoms with E-state index in [9.17, 15) is 8.78 Å². The van der Waals surface area contributed by atoms with Gasteiger partial charge in [-0.15, -0.1) is 0 Å². The number of benzene rings is 1. The summed E-state index contributed by atoms with van der Waals surface area (Å²) >= 11 is 0. The molecule has 94 valence electrons. The number of hydrogen-bond acceptors (Lipinski definition) is 2. The van der Waals surface area contributed by atoms with Crippen molar-refractivity contribution >= 4 is 6.08 Å². The molecule has 0 aliphatic heterocycles. The lowest BCUT2D eigenvalue weighted by Gasteiger charge is -2.03. The molecule has 0 saturated heterocycles. The molecule has 1 N–H and O–H groups in total. The molecular weight excluding hydrogens is 224 g/mol. The van der Waals surface area contributed by atoms with Crippen LogP contribution in [0.2, 0.25) is 0 Å². The second-order valence-electron chi connectivity index (χ2n) is 3.55. The molecule has 0 aliphatic carbocycles. The van der Waals surface area contributed by atoms with Gasteiger partial charge in [0.25, 0.3) is 0 Å². The Morgan fingerprint density at radius 3 is 2.59 bits per heavy atom. The van der Waals surface area contributed by atoms with E-state index in [-0.39, 0.29) is 5.75 Å². The zero-order chi connectivity index (χ0) is 12.5. The lowest BCUT2D eigenvalue weighted by molar-refractivity contribution is -0.0498. The Labute approximate surface area is 100 Å². The Kier molecular flexibility index (Phi) is 6.25. The normalized spacial score (nSPS) is 11.3. The van der Waals surface area contributed by atoms with Gasteiger partial charge in [-0.25, -0.2) is 0 Å². The van der Waals surface area contributed by atoms with Crippen molar-refractivity contribution < 1.29 is 13.5 Å². The molecule has 0 heterocycles. The van der Waals surface area contributed by atoms with Gasteiger partial charge in [-0.2, -0.15) is 8.78 Å². The van der Waals surface area contributed by atoms with Crippen molar-refractivity contribution in [2.45, 2.75) is 20.0 Å². The van der Waals surface area contributed by atoms with Crippen LogP contribution in [0.4, 0.5) is 8.78 Å². The van der Waals surface area contributed by atoms with Crippen LogP contribution in [0.15, 0.2) is 30.3 Å². The fourth-order valence-electron chi connectivity index (χ4n) is 1.32. The highest BCUT2D eigenvalue weighted by molar-refractivity contribution is 5.50. The summed E-state index contributed by atoms with van der Waals surface area (Å²) in [7, 11) is 0. The Hall–Kier alpha value is -1.42. The highest BCUT2D eigenvalue weighted by atomic mass is 19.3. The number of alkyl halides is 2. The topological polar surface area (TPSA) is 21.3 Å². The van der Waals surface area contributed by atoms with E-state index in [1.807, 2.05) is 12.2 Å². The third-order valence-electron chi connectivity index (χ3n) is 2.10. The summed E-state index contributed by atoms with van der Waals surface area (Å²) in [5.74, 6) is 0.182. The fraction of sp³-hybridized carbons (Fsp3) is 0.385. The molecule has 4 heteroatoms. The van der Waals surface area contributed by atoms with Gasteiger partial charge in [0.2, 0.25) is 0 Å². The highest BCUT2D eigenvalue weighted by Crippen LogP contribution is 2.15. The minimum absolute atomic E-state index is 0.182. The molecule has 1 aromatic rings. The Morgan fingerprint density at radius 1 is 1.29 bits per heavy atom. The monoisotopic (exact) mass is 241 g/mol. The summed E-state index contributed by atoms with van der Waals surface area (Å²) < 4.78 is 28.1. The van der Waals surface area contributed by atoms with Crippen LogP contribution in [0.3, 0.4) is 0 Å². The molecule has 0 fully saturated rings. The van der Waals surface area contributed by atoms with E-state index in [0.29, 0.717) is 0 Å². The number of halogens is 2. The predicted molar refractivity (Wildman–Crippen MR) is 65.3 cm³/mol. The second kappa shape index (κ2) is 7.79. The van der Waals surface area contributed by atoms with Crippen molar-refractivity contribution in [3.05, 3.63) is 35.9 Å². The summed E-state index contributed by atoms with van der Waals surface area (Å²) in [6.45, 7) is 1.14. The van der Waals surface area contributed by atoms with Crippen LogP contribution in [0.25, 0.3) is 6.08 Å². The zero-order valence-electron chi connectivity index (χ0n) is 9.83. The van der Waals surface area contributed by atoms with Gasteiger partial charge in [-0.05, 0) is 30.7 Å². The standard InChI is InChI=1S/C13H17F2NO/c1-2-9-16-10-3-4-11-5-7-12(8-6-11)17-13(14)15/h3-8,13,16H,2,9-10H2,1H3. The molecule has 0 unspecified atom stereocenters. The third-order valence-corrected chi connectivity index (χ3v) is 2.10. The van der Waals surface area contributed by atoms with E-state index in [4.69, 9.17) is 0 Å². The van der Waals surface area contributed by atoms with Crippen LogP contribution in [0.1, 0.15) is 18.9 Å². The van der Waals surface area contributed by atoms with Gasteiger partial charge < -0.3 is 10.1 Å². The van der Waals surface area contributed by atoms with Crippen molar-refractivity contribution in [3.8, 4) is 5.75 Å². The summed E-state index contributed by atoms with van der Waals surface area (Å²) in [5, 5.41) is 3.23. The predicted octanol–water partition coefficient (Wildman–Crippen LogP) is 3.30. The maximum atomic E-state index is 11.9. The molecule has 0 amide bonds. The average Bonchev–Trinajstić information content (AvgIpc) is 2.30. The fourth-order valence-corrected chi connectivity index (χ4v) is 1.32. The van der Waals surface area contributed by atoms with Crippen LogP contribution >= 0.6 is 0 Å². The van der Waals surface area contributed by atoms with E-state index in [1.165, 1.54) is 12.1 Å². The first kappa shape index (κ1) is 13.6. The van der Waals surface area contributed by atoms with Gasteiger partial charge in [0, 0.05) is 6.54 Å². The minimum atomic E-state index is -2.77. The van der Waals surface area contributed by atoms with Crippen molar-refractivity contribution in [2.75, 3.05) is 13.1 Å². The lowest BCUT2D eigenvalue weighted by Crippen LogP contribution is -2.13. The molecule has 0 radical (unpaired) electrons. The summed E-state index contributed by atoms with van der Waals surface area (Å²) in [6.07, 6.45) is 5.04. The lowest BCUT2D eigenvalue weighted by atomic mass is 10.2. The van der Waals surface area contributed by atoms with Crippen LogP contribution < -0.4 is 10.1 Å². The van der Waals surface area contributed by atoms with E-state index >= 15 is 0 Å². The Balaban J connectivity index is 2.39. The minimum Gasteiger partial charge on any atom is -0.435 e. The molecule has 1 aromatic carbocycles. The largest absolute Gasteiger partial charge is 0.435 e. The highest BCUT2D eigenvalue weighted by Gasteiger charge is 2.02. The number of nitrogens with one attached hydrogen (secondary N) is 1. The quantitative estimate of drug-likeness (QED) is 0.739. The van der Waals surface area contributed by atoms with Crippen molar-refractivity contribution in [1.29, 1.82) is 0 Å². The first-order chi connectivity index (χ1) is 8.22. The van der Waals surface area contributed by atoms with Crippen molar-refractivity contribution in [1.82, 2.24) is 5.32 Å². The maximum absolute atomic E-state index is 11.9. The van der Waals surface area contributed by atoms with Gasteiger partial charge in [0.05, 0.1) is 0 Å². The molecule has 2 nitrogen and oxygen atoms in total. The third kappa shape index (κ3) is 6.02. The molecule has 0 atom stereocenters. The maximum Gasteiger partial charge on any atom is 0.387 e. The molecule has 0 saturated carbocycles. The number of rotatable bonds is 7. The summed E-state index contributed by atoms with van der Waals surface area (Å²) in [4.78, 5) is 0. The first-order valence-electron chi connectivity index (χ1n) is 5.64. The van der Waals surface area contributed by atoms with E-state index < -0.39 is 6.61 Å². The van der Waals surface area contributed by atoms with Crippen LogP contribution in [0.5, 0.6) is 5.75 Å². The Morgan fingerprint density at radius 2 is 2.00 bits per heavy atom. The number of ether oxygens (including phenoxy) is 1. The zero-order valence-corrected chi connectivity index (χ0v) is 9.83. The molecule has 0 bridgehead atoms. The molecule has 0 spiro atoms. The summed E-state index contributed by atoms with van der Waals surface area (Å²) in [5.41, 5.74) is 0.963. The molecule has 0 aromatic heterocycles. The van der Waals surface area contributed by atoms with Gasteiger partial charge in [0.1, 0.15) is 5.75 Å². The first-order valence-corrected chi connectivity index (χ1v) is 5.64. The van der Waals surface area contributed by atoms with Crippen molar-refractivity contribution in [3.63, 3.8) is 0 Å². The van der Waals surface area contributed by atoms with Crippen LogP contribution in [-0.4, -0.2) is 19.7 Å². The Bertz CT molecular complexity index is 336. The van der Waals surface area contributed by atoms with Gasteiger partial charge in [-0.3, -0.25) is 0 Å². The van der Waals surface area contributed by atoms with Crippen molar-refractivity contribution in [2.24, 2.45) is 0 Å². The van der Waals surface area contributed by atoms with Gasteiger partial charge >= 0.3 is 6.61 Å². The second-order valence-corrected chi connectivity index (χ2v) is 3.55. The van der Waals surface area contributed by atoms with E-state index in [1.54, 1.807) is 12.1 Å². The molecule has 0 aliphatic rings. The van der Waals surface area contributed by atoms with Gasteiger partial charge in [-0.1, -0.05) is 31.2 Å². The van der Waals surface area contributed by atoms with Crippen LogP contribution in [0, 0.1) is 0 Å². The molecule has 1 rings (SSSR count). The summed E-state index contributed by atoms with van der Waals surface area (Å²) in [6, 6.07) is 6.55. The smallest absolute Gasteiger partial charge is 0.387 e. The van der Waals surface area contributed by atoms with Crippen LogP contribution in [-0.2, 0) is 0 Å². The van der Waals surface area contributed by atoms with E-state index in [2.05, 4.69) is 17.0 Å². The SMILES string of the molecule is CCCNCC=Cc1ccc(OC(F)F)cc1. The van der Waals surface area contributed by atoms with E-state index in [0.717, 1.165) is 25.1 Å². The molecular formula is C13H17F2NO. The number of hydrogen-bond donors (Lipinski definition) is 1. The average molecular weight is 241 g/mol.